The molecule has 1 aliphatic rings. The number of carbonyl (C=O) groups is 1. The normalized spacial score (nSPS) is 31.2. The van der Waals surface area contributed by atoms with Gasteiger partial charge in [0.05, 0.1) is 0 Å². The molecule has 0 aromatic rings. The minimum atomic E-state index is 0.166. The van der Waals surface area contributed by atoms with Crippen molar-refractivity contribution in [3.63, 3.8) is 0 Å². The molecule has 2 heteroatoms. The summed E-state index contributed by atoms with van der Waals surface area (Å²) >= 11 is 0. The topological polar surface area (TPSA) is 29.1 Å². The summed E-state index contributed by atoms with van der Waals surface area (Å²) in [7, 11) is 0. The van der Waals surface area contributed by atoms with E-state index in [1.807, 2.05) is 6.08 Å². The molecule has 1 saturated heterocycles. The summed E-state index contributed by atoms with van der Waals surface area (Å²) in [5, 5.41) is 2.91. The van der Waals surface area contributed by atoms with Gasteiger partial charge in [0.15, 0.2) is 0 Å². The van der Waals surface area contributed by atoms with Gasteiger partial charge in [0, 0.05) is 12.5 Å². The van der Waals surface area contributed by atoms with Crippen molar-refractivity contribution >= 4 is 5.91 Å². The summed E-state index contributed by atoms with van der Waals surface area (Å²) in [6, 6.07) is 0.209. The largest absolute Gasteiger partial charge is 0.350 e. The minimum absolute atomic E-state index is 0.166. The molecule has 0 spiro atoms. The summed E-state index contributed by atoms with van der Waals surface area (Å²) in [6.45, 7) is 5.85. The van der Waals surface area contributed by atoms with Gasteiger partial charge in [-0.05, 0) is 12.3 Å². The van der Waals surface area contributed by atoms with E-state index in [0.29, 0.717) is 12.3 Å². The van der Waals surface area contributed by atoms with E-state index < -0.39 is 0 Å². The second kappa shape index (κ2) is 3.56. The maximum Gasteiger partial charge on any atom is 0.220 e. The zero-order valence-electron chi connectivity index (χ0n) is 6.97. The maximum absolute atomic E-state index is 10.9. The molecule has 0 aromatic carbocycles. The van der Waals surface area contributed by atoms with Crippen molar-refractivity contribution in [3.05, 3.63) is 12.7 Å². The number of rotatable bonds is 2. The highest BCUT2D eigenvalue weighted by Gasteiger charge is 2.24. The quantitative estimate of drug-likeness (QED) is 0.598. The zero-order chi connectivity index (χ0) is 8.27. The first-order valence-electron chi connectivity index (χ1n) is 4.19. The second-order valence-electron chi connectivity index (χ2n) is 3.04. The van der Waals surface area contributed by atoms with Crippen molar-refractivity contribution in [3.8, 4) is 0 Å². The molecule has 11 heavy (non-hydrogen) atoms. The van der Waals surface area contributed by atoms with Crippen LogP contribution in [0.5, 0.6) is 0 Å². The molecule has 2 atom stereocenters. The first kappa shape index (κ1) is 8.31. The Kier molecular flexibility index (Phi) is 2.69. The van der Waals surface area contributed by atoms with Gasteiger partial charge in [0.2, 0.25) is 5.91 Å². The third-order valence-electron chi connectivity index (χ3n) is 2.36. The third kappa shape index (κ3) is 1.82. The lowest BCUT2D eigenvalue weighted by Gasteiger charge is -2.28. The Balaban J connectivity index is 2.54. The van der Waals surface area contributed by atoms with Gasteiger partial charge in [-0.3, -0.25) is 4.79 Å². The highest BCUT2D eigenvalue weighted by atomic mass is 16.1. The fourth-order valence-corrected chi connectivity index (χ4v) is 1.58. The van der Waals surface area contributed by atoms with Crippen molar-refractivity contribution in [2.24, 2.45) is 5.92 Å². The Morgan fingerprint density at radius 2 is 2.55 bits per heavy atom. The van der Waals surface area contributed by atoms with Crippen LogP contribution in [0, 0.1) is 5.92 Å². The van der Waals surface area contributed by atoms with E-state index in [4.69, 9.17) is 0 Å². The predicted molar refractivity (Wildman–Crippen MR) is 45.1 cm³/mol. The van der Waals surface area contributed by atoms with Crippen molar-refractivity contribution in [1.82, 2.24) is 5.32 Å². The van der Waals surface area contributed by atoms with E-state index in [1.54, 1.807) is 0 Å². The van der Waals surface area contributed by atoms with Gasteiger partial charge in [-0.15, -0.1) is 6.58 Å². The molecular formula is C9H15NO. The molecule has 0 bridgehead atoms. The summed E-state index contributed by atoms with van der Waals surface area (Å²) in [5.41, 5.74) is 0. The highest BCUT2D eigenvalue weighted by molar-refractivity contribution is 5.77. The van der Waals surface area contributed by atoms with Gasteiger partial charge in [-0.25, -0.2) is 0 Å². The zero-order valence-corrected chi connectivity index (χ0v) is 6.97. The summed E-state index contributed by atoms with van der Waals surface area (Å²) in [5.74, 6) is 0.768. The highest BCUT2D eigenvalue weighted by Crippen LogP contribution is 2.20. The van der Waals surface area contributed by atoms with Crippen LogP contribution in [0.4, 0.5) is 0 Å². The molecule has 0 aromatic heterocycles. The smallest absolute Gasteiger partial charge is 0.220 e. The van der Waals surface area contributed by atoms with Crippen molar-refractivity contribution < 1.29 is 4.79 Å². The molecule has 2 nitrogen and oxygen atoms in total. The summed E-state index contributed by atoms with van der Waals surface area (Å²) in [6.07, 6.45) is 4.66. The van der Waals surface area contributed by atoms with E-state index >= 15 is 0 Å². The number of hydrogen-bond acceptors (Lipinski definition) is 1. The van der Waals surface area contributed by atoms with Crippen LogP contribution in [-0.4, -0.2) is 11.9 Å². The molecule has 0 radical (unpaired) electrons. The molecule has 1 amide bonds. The van der Waals surface area contributed by atoms with Gasteiger partial charge in [0.25, 0.3) is 0 Å². The Morgan fingerprint density at radius 3 is 3.09 bits per heavy atom. The van der Waals surface area contributed by atoms with Crippen molar-refractivity contribution in [2.75, 3.05) is 0 Å². The molecule has 1 fully saturated rings. The van der Waals surface area contributed by atoms with Gasteiger partial charge >= 0.3 is 0 Å². The van der Waals surface area contributed by atoms with Crippen LogP contribution in [0.3, 0.4) is 0 Å². The monoisotopic (exact) mass is 153 g/mol. The van der Waals surface area contributed by atoms with E-state index in [2.05, 4.69) is 18.8 Å². The third-order valence-corrected chi connectivity index (χ3v) is 2.36. The molecule has 2 unspecified atom stereocenters. The van der Waals surface area contributed by atoms with Crippen LogP contribution in [0.2, 0.25) is 0 Å². The molecule has 1 heterocycles. The average Bonchev–Trinajstić information content (AvgIpc) is 2.04. The molecule has 0 aliphatic carbocycles. The molecule has 1 aliphatic heterocycles. The SMILES string of the molecule is C=CC1NC(=O)CCC1CC. The van der Waals surface area contributed by atoms with Gasteiger partial charge in [0.1, 0.15) is 0 Å². The number of piperidine rings is 1. The number of nitrogens with one attached hydrogen (secondary N) is 1. The number of carbonyl (C=O) groups excluding carboxylic acids is 1. The summed E-state index contributed by atoms with van der Waals surface area (Å²) in [4.78, 5) is 10.9. The van der Waals surface area contributed by atoms with Gasteiger partial charge in [-0.1, -0.05) is 19.4 Å². The van der Waals surface area contributed by atoms with Crippen molar-refractivity contribution in [2.45, 2.75) is 32.2 Å². The average molecular weight is 153 g/mol. The van der Waals surface area contributed by atoms with E-state index in [-0.39, 0.29) is 11.9 Å². The first-order chi connectivity index (χ1) is 5.27. The molecule has 0 saturated carbocycles. The lowest BCUT2D eigenvalue weighted by atomic mass is 9.88. The first-order valence-corrected chi connectivity index (χ1v) is 4.19. The second-order valence-corrected chi connectivity index (χ2v) is 3.04. The Morgan fingerprint density at radius 1 is 1.82 bits per heavy atom. The summed E-state index contributed by atoms with van der Waals surface area (Å²) < 4.78 is 0. The Bertz CT molecular complexity index is 165. The van der Waals surface area contributed by atoms with Crippen LogP contribution in [0.1, 0.15) is 26.2 Å². The van der Waals surface area contributed by atoms with Crippen LogP contribution in [0.15, 0.2) is 12.7 Å². The molecule has 1 rings (SSSR count). The van der Waals surface area contributed by atoms with Crippen molar-refractivity contribution in [1.29, 1.82) is 0 Å². The fourth-order valence-electron chi connectivity index (χ4n) is 1.58. The van der Waals surface area contributed by atoms with Crippen LogP contribution >= 0.6 is 0 Å². The minimum Gasteiger partial charge on any atom is -0.350 e. The lowest BCUT2D eigenvalue weighted by molar-refractivity contribution is -0.123. The fraction of sp³-hybridized carbons (Fsp3) is 0.667. The number of amides is 1. The Hall–Kier alpha value is -0.790. The molecule has 62 valence electrons. The Labute approximate surface area is 67.7 Å². The van der Waals surface area contributed by atoms with Crippen LogP contribution in [-0.2, 0) is 4.79 Å². The van der Waals surface area contributed by atoms with E-state index in [9.17, 15) is 4.79 Å². The van der Waals surface area contributed by atoms with E-state index in [0.717, 1.165) is 12.8 Å². The van der Waals surface area contributed by atoms with Gasteiger partial charge < -0.3 is 5.32 Å². The van der Waals surface area contributed by atoms with Crippen LogP contribution in [0.25, 0.3) is 0 Å². The van der Waals surface area contributed by atoms with Crippen LogP contribution < -0.4 is 5.32 Å². The standard InChI is InChI=1S/C9H15NO/c1-3-7-5-6-9(11)10-8(7)4-2/h4,7-8H,2-3,5-6H2,1H3,(H,10,11). The van der Waals surface area contributed by atoms with Gasteiger partial charge in [-0.2, -0.15) is 0 Å². The maximum atomic E-state index is 10.9. The predicted octanol–water partition coefficient (Wildman–Crippen LogP) is 1.48. The van der Waals surface area contributed by atoms with E-state index in [1.165, 1.54) is 0 Å². The number of hydrogen-bond donors (Lipinski definition) is 1. The molecular weight excluding hydrogens is 138 g/mol. The lowest BCUT2D eigenvalue weighted by Crippen LogP contribution is -2.43. The molecule has 1 N–H and O–H groups in total.